The van der Waals surface area contributed by atoms with Gasteiger partial charge in [-0.15, -0.1) is 0 Å². The van der Waals surface area contributed by atoms with Crippen LogP contribution in [-0.4, -0.2) is 19.2 Å². The highest BCUT2D eigenvalue weighted by Gasteiger charge is 2.26. The predicted octanol–water partition coefficient (Wildman–Crippen LogP) is 5.84. The van der Waals surface area contributed by atoms with Crippen LogP contribution in [-0.2, 0) is 18.4 Å². The quantitative estimate of drug-likeness (QED) is 0.279. The zero-order valence-corrected chi connectivity index (χ0v) is 15.8. The lowest BCUT2D eigenvalue weighted by Crippen LogP contribution is -2.12. The van der Waals surface area contributed by atoms with Crippen molar-refractivity contribution in [2.24, 2.45) is 11.8 Å². The molecule has 0 aliphatic heterocycles. The Labute approximate surface area is 136 Å². The summed E-state index contributed by atoms with van der Waals surface area (Å²) >= 11 is 0. The van der Waals surface area contributed by atoms with Crippen LogP contribution in [0, 0.1) is 11.8 Å². The number of carbonyl (C=O) groups excluding carboxylic acids is 1. The standard InChI is InChI=1S/C17H35O4P/c1-5-9-11-16(7-3)13-20-22(19,15-18)21-14-17(8-4)12-10-6-2/h15-17H,5-14H2,1-4H3. The number of hydrogen-bond donors (Lipinski definition) is 0. The van der Waals surface area contributed by atoms with E-state index < -0.39 is 7.60 Å². The molecule has 0 rings (SSSR count). The average molecular weight is 334 g/mol. The van der Waals surface area contributed by atoms with Gasteiger partial charge in [-0.3, -0.25) is 9.36 Å². The van der Waals surface area contributed by atoms with Crippen LogP contribution in [0.3, 0.4) is 0 Å². The van der Waals surface area contributed by atoms with Gasteiger partial charge < -0.3 is 9.05 Å². The highest BCUT2D eigenvalue weighted by molar-refractivity contribution is 7.69. The van der Waals surface area contributed by atoms with Crippen LogP contribution in [0.2, 0.25) is 0 Å². The van der Waals surface area contributed by atoms with E-state index in [9.17, 15) is 9.36 Å². The van der Waals surface area contributed by atoms with Crippen LogP contribution in [0.5, 0.6) is 0 Å². The maximum absolute atomic E-state index is 12.4. The summed E-state index contributed by atoms with van der Waals surface area (Å²) in [6.07, 6.45) is 8.54. The van der Waals surface area contributed by atoms with Gasteiger partial charge in [-0.1, -0.05) is 66.2 Å². The Balaban J connectivity index is 4.32. The number of hydrogen-bond acceptors (Lipinski definition) is 4. The molecule has 2 unspecified atom stereocenters. The second-order valence-corrected chi connectivity index (χ2v) is 7.88. The van der Waals surface area contributed by atoms with Gasteiger partial charge in [0.1, 0.15) is 0 Å². The molecule has 0 saturated heterocycles. The Morgan fingerprint density at radius 3 is 1.55 bits per heavy atom. The maximum atomic E-state index is 12.4. The highest BCUT2D eigenvalue weighted by Crippen LogP contribution is 2.46. The molecule has 132 valence electrons. The molecule has 0 aliphatic carbocycles. The SMILES string of the molecule is CCCCC(CC)COP(=O)(C=O)OCC(CC)CCCC. The Kier molecular flexibility index (Phi) is 13.2. The van der Waals surface area contributed by atoms with Gasteiger partial charge >= 0.3 is 7.60 Å². The molecule has 0 aromatic heterocycles. The van der Waals surface area contributed by atoms with Crippen molar-refractivity contribution in [2.75, 3.05) is 13.2 Å². The Morgan fingerprint density at radius 1 is 0.864 bits per heavy atom. The van der Waals surface area contributed by atoms with Crippen molar-refractivity contribution in [3.63, 3.8) is 0 Å². The fourth-order valence-electron chi connectivity index (χ4n) is 2.31. The largest absolute Gasteiger partial charge is 0.393 e. The van der Waals surface area contributed by atoms with E-state index in [1.54, 1.807) is 0 Å². The monoisotopic (exact) mass is 334 g/mol. The molecular weight excluding hydrogens is 299 g/mol. The fourth-order valence-corrected chi connectivity index (χ4v) is 3.35. The lowest BCUT2D eigenvalue weighted by molar-refractivity contribution is 0.159. The lowest BCUT2D eigenvalue weighted by Gasteiger charge is -2.20. The van der Waals surface area contributed by atoms with E-state index in [4.69, 9.17) is 9.05 Å². The van der Waals surface area contributed by atoms with Gasteiger partial charge in [0, 0.05) is 0 Å². The molecule has 0 amide bonds. The molecule has 5 heteroatoms. The smallest absolute Gasteiger partial charge is 0.303 e. The van der Waals surface area contributed by atoms with Crippen LogP contribution in [0.25, 0.3) is 0 Å². The normalized spacial score (nSPS) is 16.9. The molecule has 4 nitrogen and oxygen atoms in total. The Morgan fingerprint density at radius 2 is 1.27 bits per heavy atom. The van der Waals surface area contributed by atoms with Crippen molar-refractivity contribution in [3.8, 4) is 0 Å². The third-order valence-corrected chi connectivity index (χ3v) is 5.47. The maximum Gasteiger partial charge on any atom is 0.393 e. The van der Waals surface area contributed by atoms with Crippen LogP contribution >= 0.6 is 7.60 Å². The summed E-state index contributed by atoms with van der Waals surface area (Å²) in [4.78, 5) is 11.1. The van der Waals surface area contributed by atoms with E-state index in [1.807, 2.05) is 0 Å². The molecule has 0 aliphatic rings. The first kappa shape index (κ1) is 21.8. The fraction of sp³-hybridized carbons (Fsp3) is 0.941. The summed E-state index contributed by atoms with van der Waals surface area (Å²) in [5, 5.41) is 0. The molecule has 0 N–H and O–H groups in total. The van der Waals surface area contributed by atoms with Crippen molar-refractivity contribution >= 4 is 13.6 Å². The summed E-state index contributed by atoms with van der Waals surface area (Å²) in [5.74, 6) is 0.692. The number of unbranched alkanes of at least 4 members (excludes halogenated alkanes) is 2. The van der Waals surface area contributed by atoms with Crippen LogP contribution in [0.1, 0.15) is 79.1 Å². The number of rotatable bonds is 15. The summed E-state index contributed by atoms with van der Waals surface area (Å²) in [6, 6.07) is 0.367. The second kappa shape index (κ2) is 13.3. The number of carbonyl (C=O) groups is 1. The zero-order chi connectivity index (χ0) is 16.8. The van der Waals surface area contributed by atoms with E-state index in [0.717, 1.165) is 51.4 Å². The van der Waals surface area contributed by atoms with Gasteiger partial charge in [0.15, 0.2) is 0 Å². The molecule has 0 aromatic rings. The average Bonchev–Trinajstić information content (AvgIpc) is 2.55. The van der Waals surface area contributed by atoms with Crippen molar-refractivity contribution in [2.45, 2.75) is 79.1 Å². The van der Waals surface area contributed by atoms with Gasteiger partial charge in [-0.2, -0.15) is 0 Å². The van der Waals surface area contributed by atoms with Gasteiger partial charge in [-0.25, -0.2) is 0 Å². The first-order valence-corrected chi connectivity index (χ1v) is 10.5. The van der Waals surface area contributed by atoms with Gasteiger partial charge in [0.2, 0.25) is 6.03 Å². The summed E-state index contributed by atoms with van der Waals surface area (Å²) in [6.45, 7) is 9.17. The molecule has 0 radical (unpaired) electrons. The predicted molar refractivity (Wildman–Crippen MR) is 92.9 cm³/mol. The van der Waals surface area contributed by atoms with E-state index >= 15 is 0 Å². The molecule has 0 bridgehead atoms. The van der Waals surface area contributed by atoms with E-state index in [2.05, 4.69) is 27.7 Å². The molecule has 0 fully saturated rings. The van der Waals surface area contributed by atoms with E-state index in [0.29, 0.717) is 31.1 Å². The molecule has 2 atom stereocenters. The molecule has 0 spiro atoms. The van der Waals surface area contributed by atoms with E-state index in [-0.39, 0.29) is 0 Å². The van der Waals surface area contributed by atoms with Crippen LogP contribution < -0.4 is 0 Å². The molecule has 0 saturated carbocycles. The first-order chi connectivity index (χ1) is 10.5. The minimum absolute atomic E-state index is 0.346. The van der Waals surface area contributed by atoms with Crippen molar-refractivity contribution in [3.05, 3.63) is 0 Å². The third kappa shape index (κ3) is 9.76. The summed E-state index contributed by atoms with van der Waals surface area (Å²) < 4.78 is 23.1. The minimum Gasteiger partial charge on any atom is -0.303 e. The van der Waals surface area contributed by atoms with Crippen LogP contribution in [0.15, 0.2) is 0 Å². The third-order valence-electron chi connectivity index (χ3n) is 4.20. The van der Waals surface area contributed by atoms with Gasteiger partial charge in [0.25, 0.3) is 0 Å². The van der Waals surface area contributed by atoms with Crippen molar-refractivity contribution in [1.29, 1.82) is 0 Å². The van der Waals surface area contributed by atoms with Crippen molar-refractivity contribution in [1.82, 2.24) is 0 Å². The molecule has 0 heterocycles. The van der Waals surface area contributed by atoms with Crippen LogP contribution in [0.4, 0.5) is 0 Å². The summed E-state index contributed by atoms with van der Waals surface area (Å²) in [5.41, 5.74) is 0. The molecular formula is C17H35O4P. The Hall–Kier alpha value is -0.180. The topological polar surface area (TPSA) is 52.6 Å². The Bertz CT molecular complexity index is 296. The van der Waals surface area contributed by atoms with Gasteiger partial charge in [0.05, 0.1) is 13.2 Å². The van der Waals surface area contributed by atoms with Gasteiger partial charge in [-0.05, 0) is 24.7 Å². The second-order valence-electron chi connectivity index (χ2n) is 6.07. The van der Waals surface area contributed by atoms with Crippen molar-refractivity contribution < 1.29 is 18.4 Å². The van der Waals surface area contributed by atoms with E-state index in [1.165, 1.54) is 0 Å². The molecule has 0 aromatic carbocycles. The highest BCUT2D eigenvalue weighted by atomic mass is 31.2. The first-order valence-electron chi connectivity index (χ1n) is 8.90. The lowest BCUT2D eigenvalue weighted by atomic mass is 10.0. The summed E-state index contributed by atoms with van der Waals surface area (Å²) in [7, 11) is -3.58. The zero-order valence-electron chi connectivity index (χ0n) is 14.9. The molecule has 22 heavy (non-hydrogen) atoms. The minimum atomic E-state index is -3.58.